The van der Waals surface area contributed by atoms with Crippen LogP contribution in [-0.4, -0.2) is 31.0 Å². The molecule has 1 fully saturated rings. The molecule has 0 atom stereocenters. The molecule has 7 nitrogen and oxygen atoms in total. The highest BCUT2D eigenvalue weighted by atomic mass is 19.1. The summed E-state index contributed by atoms with van der Waals surface area (Å²) in [6.07, 6.45) is 1.07. The highest BCUT2D eigenvalue weighted by molar-refractivity contribution is 5.79. The summed E-state index contributed by atoms with van der Waals surface area (Å²) in [4.78, 5) is 24.9. The Bertz CT molecular complexity index is 894. The first-order valence-corrected chi connectivity index (χ1v) is 9.49. The average molecular weight is 401 g/mol. The zero-order valence-electron chi connectivity index (χ0n) is 16.5. The van der Waals surface area contributed by atoms with Crippen molar-refractivity contribution in [3.63, 3.8) is 0 Å². The number of nitro groups is 1. The number of methoxy groups -OCH3 is 1. The number of rotatable bonds is 6. The van der Waals surface area contributed by atoms with E-state index in [-0.39, 0.29) is 23.3 Å². The molecule has 1 heterocycles. The Morgan fingerprint density at radius 1 is 1.28 bits per heavy atom. The molecule has 0 bridgehead atoms. The number of carbonyl (C=O) groups excluding carboxylic acids is 1. The fourth-order valence-corrected chi connectivity index (χ4v) is 3.52. The van der Waals surface area contributed by atoms with E-state index in [1.54, 1.807) is 4.90 Å². The number of hydrogen-bond acceptors (Lipinski definition) is 5. The topological polar surface area (TPSA) is 84.7 Å². The van der Waals surface area contributed by atoms with Crippen LogP contribution in [0.15, 0.2) is 36.4 Å². The SMILES string of the molecule is COc1cc(F)c([N+](=O)[O-])c(N2CCC(C(=O)NCc3ccc(C)cc3)CC2)c1. The van der Waals surface area contributed by atoms with E-state index in [9.17, 15) is 19.3 Å². The highest BCUT2D eigenvalue weighted by Gasteiger charge is 2.31. The molecule has 0 radical (unpaired) electrons. The van der Waals surface area contributed by atoms with E-state index >= 15 is 0 Å². The first-order valence-electron chi connectivity index (χ1n) is 9.49. The summed E-state index contributed by atoms with van der Waals surface area (Å²) in [5.74, 6) is -0.911. The lowest BCUT2D eigenvalue weighted by Crippen LogP contribution is -2.40. The number of nitro benzene ring substituents is 1. The lowest BCUT2D eigenvalue weighted by molar-refractivity contribution is -0.386. The summed E-state index contributed by atoms with van der Waals surface area (Å²) < 4.78 is 19.2. The Hall–Kier alpha value is -3.16. The van der Waals surface area contributed by atoms with E-state index in [1.165, 1.54) is 13.2 Å². The minimum atomic E-state index is -0.928. The molecule has 1 aliphatic rings. The van der Waals surface area contributed by atoms with Gasteiger partial charge in [0, 0.05) is 37.7 Å². The second-order valence-corrected chi connectivity index (χ2v) is 7.20. The minimum absolute atomic E-state index is 0.0310. The predicted molar refractivity (Wildman–Crippen MR) is 108 cm³/mol. The second-order valence-electron chi connectivity index (χ2n) is 7.20. The van der Waals surface area contributed by atoms with E-state index in [1.807, 2.05) is 31.2 Å². The third kappa shape index (κ3) is 4.82. The molecule has 154 valence electrons. The van der Waals surface area contributed by atoms with Crippen molar-refractivity contribution in [1.29, 1.82) is 0 Å². The van der Waals surface area contributed by atoms with Gasteiger partial charge in [0.1, 0.15) is 11.4 Å². The van der Waals surface area contributed by atoms with Crippen LogP contribution < -0.4 is 15.0 Å². The Labute approximate surface area is 168 Å². The fraction of sp³-hybridized carbons (Fsp3) is 0.381. The van der Waals surface area contributed by atoms with Gasteiger partial charge in [0.25, 0.3) is 0 Å². The Morgan fingerprint density at radius 2 is 1.93 bits per heavy atom. The molecule has 1 N–H and O–H groups in total. The monoisotopic (exact) mass is 401 g/mol. The van der Waals surface area contributed by atoms with Gasteiger partial charge in [-0.05, 0) is 25.3 Å². The average Bonchev–Trinajstić information content (AvgIpc) is 2.72. The van der Waals surface area contributed by atoms with Gasteiger partial charge < -0.3 is 15.0 Å². The maximum Gasteiger partial charge on any atom is 0.328 e. The molecule has 3 rings (SSSR count). The molecule has 0 unspecified atom stereocenters. The van der Waals surface area contributed by atoms with Crippen LogP contribution in [0.2, 0.25) is 0 Å². The van der Waals surface area contributed by atoms with Crippen LogP contribution in [0.25, 0.3) is 0 Å². The number of ether oxygens (including phenoxy) is 1. The number of halogens is 1. The predicted octanol–water partition coefficient (Wildman–Crippen LogP) is 3.58. The first-order chi connectivity index (χ1) is 13.9. The van der Waals surface area contributed by atoms with Gasteiger partial charge in [-0.3, -0.25) is 14.9 Å². The van der Waals surface area contributed by atoms with Gasteiger partial charge in [-0.1, -0.05) is 29.8 Å². The molecule has 1 saturated heterocycles. The van der Waals surface area contributed by atoms with Crippen molar-refractivity contribution in [2.24, 2.45) is 5.92 Å². The van der Waals surface area contributed by atoms with Crippen molar-refractivity contribution in [3.8, 4) is 5.75 Å². The van der Waals surface area contributed by atoms with E-state index in [0.717, 1.165) is 17.2 Å². The van der Waals surface area contributed by atoms with Crippen LogP contribution >= 0.6 is 0 Å². The first kappa shape index (κ1) is 20.6. The summed E-state index contributed by atoms with van der Waals surface area (Å²) in [5, 5.41) is 14.3. The molecule has 0 aromatic heterocycles. The molecular weight excluding hydrogens is 377 g/mol. The smallest absolute Gasteiger partial charge is 0.328 e. The Balaban J connectivity index is 1.63. The van der Waals surface area contributed by atoms with Gasteiger partial charge in [0.05, 0.1) is 12.0 Å². The molecule has 2 aromatic carbocycles. The van der Waals surface area contributed by atoms with Crippen LogP contribution in [0.1, 0.15) is 24.0 Å². The lowest BCUT2D eigenvalue weighted by atomic mass is 9.95. The van der Waals surface area contributed by atoms with Crippen LogP contribution in [0.4, 0.5) is 15.8 Å². The quantitative estimate of drug-likeness (QED) is 0.591. The van der Waals surface area contributed by atoms with Crippen LogP contribution in [0.5, 0.6) is 5.75 Å². The number of carbonyl (C=O) groups is 1. The van der Waals surface area contributed by atoms with Crippen molar-refractivity contribution in [2.45, 2.75) is 26.3 Å². The highest BCUT2D eigenvalue weighted by Crippen LogP contribution is 2.37. The molecule has 2 aromatic rings. The maximum atomic E-state index is 14.2. The van der Waals surface area contributed by atoms with Gasteiger partial charge >= 0.3 is 5.69 Å². The summed E-state index contributed by atoms with van der Waals surface area (Å²) >= 11 is 0. The third-order valence-electron chi connectivity index (χ3n) is 5.23. The number of nitrogens with zero attached hydrogens (tertiary/aromatic N) is 2. The van der Waals surface area contributed by atoms with Crippen LogP contribution in [-0.2, 0) is 11.3 Å². The normalized spacial score (nSPS) is 14.5. The van der Waals surface area contributed by atoms with Gasteiger partial charge in [-0.25, -0.2) is 0 Å². The van der Waals surface area contributed by atoms with Crippen LogP contribution in [0.3, 0.4) is 0 Å². The molecule has 8 heteroatoms. The maximum absolute atomic E-state index is 14.2. The molecule has 0 saturated carbocycles. The Morgan fingerprint density at radius 3 is 2.52 bits per heavy atom. The molecule has 1 aliphatic heterocycles. The number of hydrogen-bond donors (Lipinski definition) is 1. The van der Waals surface area contributed by atoms with Gasteiger partial charge in [-0.15, -0.1) is 0 Å². The number of amides is 1. The number of piperidine rings is 1. The zero-order valence-corrected chi connectivity index (χ0v) is 16.5. The molecular formula is C21H24FN3O4. The summed E-state index contributed by atoms with van der Waals surface area (Å²) in [5.41, 5.74) is 1.82. The standard InChI is InChI=1S/C21H24FN3O4/c1-14-3-5-15(6-4-14)13-23-21(26)16-7-9-24(10-8-16)19-12-17(29-2)11-18(22)20(19)25(27)28/h3-6,11-12,16H,7-10,13H2,1-2H3,(H,23,26). The van der Waals surface area contributed by atoms with Crippen molar-refractivity contribution in [1.82, 2.24) is 5.32 Å². The van der Waals surface area contributed by atoms with E-state index < -0.39 is 16.4 Å². The number of aryl methyl sites for hydroxylation is 1. The van der Waals surface area contributed by atoms with Crippen molar-refractivity contribution in [3.05, 3.63) is 63.5 Å². The summed E-state index contributed by atoms with van der Waals surface area (Å²) in [6, 6.07) is 10.4. The number of benzene rings is 2. The summed E-state index contributed by atoms with van der Waals surface area (Å²) in [7, 11) is 1.38. The van der Waals surface area contributed by atoms with Crippen LogP contribution in [0, 0.1) is 28.8 Å². The van der Waals surface area contributed by atoms with Crippen molar-refractivity contribution >= 4 is 17.3 Å². The van der Waals surface area contributed by atoms with E-state index in [4.69, 9.17) is 4.74 Å². The molecule has 0 aliphatic carbocycles. The van der Waals surface area contributed by atoms with Gasteiger partial charge in [0.2, 0.25) is 11.7 Å². The second kappa shape index (κ2) is 8.89. The lowest BCUT2D eigenvalue weighted by Gasteiger charge is -2.32. The van der Waals surface area contributed by atoms with E-state index in [2.05, 4.69) is 5.32 Å². The van der Waals surface area contributed by atoms with Crippen molar-refractivity contribution in [2.75, 3.05) is 25.1 Å². The minimum Gasteiger partial charge on any atom is -0.497 e. The Kier molecular flexibility index (Phi) is 6.31. The molecule has 0 spiro atoms. The van der Waals surface area contributed by atoms with Gasteiger partial charge in [0.15, 0.2) is 0 Å². The number of anilines is 1. The van der Waals surface area contributed by atoms with E-state index in [0.29, 0.717) is 32.5 Å². The molecule has 29 heavy (non-hydrogen) atoms. The largest absolute Gasteiger partial charge is 0.497 e. The molecule has 1 amide bonds. The van der Waals surface area contributed by atoms with Gasteiger partial charge in [-0.2, -0.15) is 4.39 Å². The fourth-order valence-electron chi connectivity index (χ4n) is 3.52. The zero-order chi connectivity index (χ0) is 21.0. The summed E-state index contributed by atoms with van der Waals surface area (Å²) in [6.45, 7) is 3.33. The number of nitrogens with one attached hydrogen (secondary N) is 1. The third-order valence-corrected chi connectivity index (χ3v) is 5.23. The van der Waals surface area contributed by atoms with Crippen molar-refractivity contribution < 1.29 is 18.8 Å².